The molecule has 0 saturated heterocycles. The van der Waals surface area contributed by atoms with E-state index in [1.54, 1.807) is 18.2 Å². The maximum atomic E-state index is 12.8. The number of benzene rings is 2. The minimum absolute atomic E-state index is 0.0609. The van der Waals surface area contributed by atoms with Crippen LogP contribution in [0.5, 0.6) is 0 Å². The maximum absolute atomic E-state index is 12.8. The van der Waals surface area contributed by atoms with E-state index in [0.717, 1.165) is 0 Å². The predicted molar refractivity (Wildman–Crippen MR) is 88.3 cm³/mol. The highest BCUT2D eigenvalue weighted by Gasteiger charge is 2.11. The summed E-state index contributed by atoms with van der Waals surface area (Å²) in [5.74, 6) is -1.24. The molecule has 2 aromatic carbocycles. The molecule has 3 rings (SSSR count). The normalized spacial score (nSPS) is 10.8. The van der Waals surface area contributed by atoms with Gasteiger partial charge in [-0.15, -0.1) is 0 Å². The van der Waals surface area contributed by atoms with Crippen LogP contribution in [0.2, 0.25) is 5.02 Å². The van der Waals surface area contributed by atoms with Gasteiger partial charge in [0.2, 0.25) is 5.91 Å². The summed E-state index contributed by atoms with van der Waals surface area (Å²) in [6.45, 7) is 0.157. The van der Waals surface area contributed by atoms with Crippen molar-refractivity contribution in [2.75, 3.05) is 5.43 Å². The minimum Gasteiger partial charge on any atom is -0.408 e. The standard InChI is InChI=1S/C16H13ClFN3O3/c17-10-1-6-13-14(9-10)24-16(23)21(13)8-7-15(22)20-19-12-4-2-11(18)3-5-12/h1-6,9,19H,7-8H2,(H,20,22). The first-order chi connectivity index (χ1) is 11.5. The van der Waals surface area contributed by atoms with Gasteiger partial charge in [0.05, 0.1) is 11.2 Å². The van der Waals surface area contributed by atoms with Crippen LogP contribution in [-0.4, -0.2) is 10.5 Å². The van der Waals surface area contributed by atoms with Crippen LogP contribution in [0, 0.1) is 5.82 Å². The van der Waals surface area contributed by atoms with Crippen molar-refractivity contribution in [1.82, 2.24) is 9.99 Å². The number of fused-ring (bicyclic) bond motifs is 1. The van der Waals surface area contributed by atoms with E-state index in [9.17, 15) is 14.0 Å². The Morgan fingerprint density at radius 1 is 1.21 bits per heavy atom. The van der Waals surface area contributed by atoms with Crippen molar-refractivity contribution >= 4 is 34.3 Å². The van der Waals surface area contributed by atoms with Gasteiger partial charge in [0.25, 0.3) is 0 Å². The van der Waals surface area contributed by atoms with E-state index < -0.39 is 5.76 Å². The van der Waals surface area contributed by atoms with Crippen LogP contribution in [0.3, 0.4) is 0 Å². The minimum atomic E-state index is -0.549. The molecule has 0 atom stereocenters. The lowest BCUT2D eigenvalue weighted by Gasteiger charge is -2.08. The van der Waals surface area contributed by atoms with Gasteiger partial charge in [-0.2, -0.15) is 0 Å². The maximum Gasteiger partial charge on any atom is 0.419 e. The van der Waals surface area contributed by atoms with E-state index in [4.69, 9.17) is 16.0 Å². The van der Waals surface area contributed by atoms with Gasteiger partial charge in [-0.1, -0.05) is 11.6 Å². The van der Waals surface area contributed by atoms with Gasteiger partial charge >= 0.3 is 5.76 Å². The van der Waals surface area contributed by atoms with Crippen molar-refractivity contribution in [3.05, 3.63) is 63.9 Å². The average molecular weight is 350 g/mol. The molecule has 1 amide bonds. The van der Waals surface area contributed by atoms with E-state index in [-0.39, 0.29) is 24.7 Å². The molecule has 1 heterocycles. The number of hydrazine groups is 1. The number of aromatic nitrogens is 1. The van der Waals surface area contributed by atoms with E-state index in [1.165, 1.54) is 28.8 Å². The number of nitrogens with one attached hydrogen (secondary N) is 2. The van der Waals surface area contributed by atoms with Crippen LogP contribution >= 0.6 is 11.6 Å². The Bertz CT molecular complexity index is 934. The second-order valence-electron chi connectivity index (χ2n) is 5.06. The molecule has 0 radical (unpaired) electrons. The van der Waals surface area contributed by atoms with Crippen LogP contribution in [0.15, 0.2) is 51.7 Å². The summed E-state index contributed by atoms with van der Waals surface area (Å²) in [6, 6.07) is 10.4. The highest BCUT2D eigenvalue weighted by Crippen LogP contribution is 2.18. The van der Waals surface area contributed by atoms with E-state index in [1.807, 2.05) is 0 Å². The fourth-order valence-electron chi connectivity index (χ4n) is 2.20. The van der Waals surface area contributed by atoms with Gasteiger partial charge < -0.3 is 4.42 Å². The lowest BCUT2D eigenvalue weighted by molar-refractivity contribution is -0.120. The van der Waals surface area contributed by atoms with Crippen LogP contribution < -0.4 is 16.6 Å². The molecule has 0 unspecified atom stereocenters. The molecule has 0 bridgehead atoms. The molecule has 0 aliphatic rings. The highest BCUT2D eigenvalue weighted by molar-refractivity contribution is 6.31. The van der Waals surface area contributed by atoms with Crippen LogP contribution in [0.25, 0.3) is 11.1 Å². The second-order valence-corrected chi connectivity index (χ2v) is 5.50. The summed E-state index contributed by atoms with van der Waals surface area (Å²) < 4.78 is 19.2. The number of amides is 1. The number of nitrogens with zero attached hydrogens (tertiary/aromatic N) is 1. The van der Waals surface area contributed by atoms with Crippen LogP contribution in [0.4, 0.5) is 10.1 Å². The number of halogens is 2. The Kier molecular flexibility index (Phi) is 4.52. The Morgan fingerprint density at radius 3 is 2.71 bits per heavy atom. The zero-order valence-corrected chi connectivity index (χ0v) is 13.1. The van der Waals surface area contributed by atoms with Gasteiger partial charge in [-0.25, -0.2) is 9.18 Å². The average Bonchev–Trinajstić information content (AvgIpc) is 2.86. The summed E-state index contributed by atoms with van der Waals surface area (Å²) >= 11 is 5.85. The molecule has 6 nitrogen and oxygen atoms in total. The van der Waals surface area contributed by atoms with Crippen molar-refractivity contribution in [2.45, 2.75) is 13.0 Å². The van der Waals surface area contributed by atoms with E-state index in [2.05, 4.69) is 10.9 Å². The van der Waals surface area contributed by atoms with Crippen molar-refractivity contribution in [3.63, 3.8) is 0 Å². The molecule has 0 saturated carbocycles. The first-order valence-electron chi connectivity index (χ1n) is 7.12. The van der Waals surface area contributed by atoms with Gasteiger partial charge in [0, 0.05) is 24.1 Å². The third kappa shape index (κ3) is 3.57. The molecular weight excluding hydrogens is 337 g/mol. The SMILES string of the molecule is O=C(CCn1c(=O)oc2cc(Cl)ccc21)NNc1ccc(F)cc1. The van der Waals surface area contributed by atoms with Crippen molar-refractivity contribution < 1.29 is 13.6 Å². The number of anilines is 1. The predicted octanol–water partition coefficient (Wildman–Crippen LogP) is 2.92. The number of hydrogen-bond acceptors (Lipinski definition) is 4. The Labute approximate surface area is 140 Å². The molecule has 2 N–H and O–H groups in total. The lowest BCUT2D eigenvalue weighted by atomic mass is 10.3. The number of hydrogen-bond donors (Lipinski definition) is 2. The van der Waals surface area contributed by atoms with Gasteiger partial charge in [-0.05, 0) is 36.4 Å². The zero-order valence-electron chi connectivity index (χ0n) is 12.4. The molecule has 24 heavy (non-hydrogen) atoms. The first-order valence-corrected chi connectivity index (χ1v) is 7.50. The second kappa shape index (κ2) is 6.76. The molecule has 0 aliphatic carbocycles. The first kappa shape index (κ1) is 16.1. The topological polar surface area (TPSA) is 76.3 Å². The van der Waals surface area contributed by atoms with Gasteiger partial charge in [0.15, 0.2) is 5.58 Å². The van der Waals surface area contributed by atoms with E-state index >= 15 is 0 Å². The summed E-state index contributed by atoms with van der Waals surface area (Å²) in [7, 11) is 0. The van der Waals surface area contributed by atoms with Crippen molar-refractivity contribution in [2.24, 2.45) is 0 Å². The molecular formula is C16H13ClFN3O3. The molecule has 0 spiro atoms. The number of carbonyl (C=O) groups excluding carboxylic acids is 1. The highest BCUT2D eigenvalue weighted by atomic mass is 35.5. The Balaban J connectivity index is 1.61. The largest absolute Gasteiger partial charge is 0.419 e. The third-order valence-electron chi connectivity index (χ3n) is 3.38. The van der Waals surface area contributed by atoms with Crippen LogP contribution in [0.1, 0.15) is 6.42 Å². The molecule has 0 aliphatic heterocycles. The fourth-order valence-corrected chi connectivity index (χ4v) is 2.36. The Morgan fingerprint density at radius 2 is 1.96 bits per heavy atom. The smallest absolute Gasteiger partial charge is 0.408 e. The quantitative estimate of drug-likeness (QED) is 0.694. The summed E-state index contributed by atoms with van der Waals surface area (Å²) in [5.41, 5.74) is 6.64. The zero-order chi connectivity index (χ0) is 17.1. The molecule has 8 heteroatoms. The van der Waals surface area contributed by atoms with E-state index in [0.29, 0.717) is 21.8 Å². The number of aryl methyl sites for hydroxylation is 1. The number of oxazole rings is 1. The number of rotatable bonds is 5. The molecule has 124 valence electrons. The molecule has 1 aromatic heterocycles. The van der Waals surface area contributed by atoms with Gasteiger partial charge in [0.1, 0.15) is 5.82 Å². The third-order valence-corrected chi connectivity index (χ3v) is 3.62. The Hall–Kier alpha value is -2.80. The summed E-state index contributed by atoms with van der Waals surface area (Å²) in [4.78, 5) is 23.7. The molecule has 3 aromatic rings. The number of carbonyl (C=O) groups is 1. The lowest BCUT2D eigenvalue weighted by Crippen LogP contribution is -2.30. The van der Waals surface area contributed by atoms with Gasteiger partial charge in [-0.3, -0.25) is 20.2 Å². The summed E-state index contributed by atoms with van der Waals surface area (Å²) in [5, 5.41) is 0.463. The van der Waals surface area contributed by atoms with Crippen LogP contribution in [-0.2, 0) is 11.3 Å². The fraction of sp³-hybridized carbons (Fsp3) is 0.125. The van der Waals surface area contributed by atoms with Crippen molar-refractivity contribution in [1.29, 1.82) is 0 Å². The molecule has 0 fully saturated rings. The van der Waals surface area contributed by atoms with Crippen molar-refractivity contribution in [3.8, 4) is 0 Å². The monoisotopic (exact) mass is 349 g/mol. The summed E-state index contributed by atoms with van der Waals surface area (Å²) in [6.07, 6.45) is 0.0609.